The molecule has 0 aliphatic heterocycles. The highest BCUT2D eigenvalue weighted by molar-refractivity contribution is 5.69. The Morgan fingerprint density at radius 3 is 2.62 bits per heavy atom. The molecule has 0 fully saturated rings. The fourth-order valence-electron chi connectivity index (χ4n) is 1.41. The Labute approximate surface area is 97.6 Å². The SMILES string of the molecule is CCCCCCC(O)CC(=O)OCCCO. The van der Waals surface area contributed by atoms with Crippen LogP contribution in [-0.4, -0.2) is 35.5 Å². The predicted octanol–water partition coefficient (Wildman–Crippen LogP) is 1.63. The maximum absolute atomic E-state index is 11.2. The van der Waals surface area contributed by atoms with Gasteiger partial charge in [0.2, 0.25) is 0 Å². The summed E-state index contributed by atoms with van der Waals surface area (Å²) in [5.41, 5.74) is 0. The second kappa shape index (κ2) is 10.9. The molecule has 16 heavy (non-hydrogen) atoms. The van der Waals surface area contributed by atoms with Gasteiger partial charge in [0.25, 0.3) is 0 Å². The summed E-state index contributed by atoms with van der Waals surface area (Å²) in [5, 5.41) is 18.0. The molecule has 0 radical (unpaired) electrons. The molecule has 0 aromatic carbocycles. The van der Waals surface area contributed by atoms with Crippen LogP contribution in [0.1, 0.15) is 51.9 Å². The highest BCUT2D eigenvalue weighted by atomic mass is 16.5. The molecule has 0 amide bonds. The molecule has 0 aliphatic rings. The number of unbranched alkanes of at least 4 members (excludes halogenated alkanes) is 3. The van der Waals surface area contributed by atoms with E-state index in [-0.39, 0.29) is 25.6 Å². The Balaban J connectivity index is 3.39. The molecule has 2 N–H and O–H groups in total. The maximum Gasteiger partial charge on any atom is 0.308 e. The van der Waals surface area contributed by atoms with Crippen molar-refractivity contribution in [2.24, 2.45) is 0 Å². The molecular formula is C12H24O4. The molecule has 1 unspecified atom stereocenters. The second-order valence-electron chi connectivity index (χ2n) is 4.00. The van der Waals surface area contributed by atoms with Crippen molar-refractivity contribution in [3.63, 3.8) is 0 Å². The van der Waals surface area contributed by atoms with Crippen LogP contribution in [0, 0.1) is 0 Å². The summed E-state index contributed by atoms with van der Waals surface area (Å²) in [7, 11) is 0. The van der Waals surface area contributed by atoms with Gasteiger partial charge in [-0.25, -0.2) is 0 Å². The largest absolute Gasteiger partial charge is 0.466 e. The third-order valence-corrected chi connectivity index (χ3v) is 2.36. The maximum atomic E-state index is 11.2. The smallest absolute Gasteiger partial charge is 0.308 e. The third-order valence-electron chi connectivity index (χ3n) is 2.36. The van der Waals surface area contributed by atoms with Crippen LogP contribution in [0.4, 0.5) is 0 Å². The van der Waals surface area contributed by atoms with Crippen molar-refractivity contribution in [2.45, 2.75) is 58.0 Å². The summed E-state index contributed by atoms with van der Waals surface area (Å²) in [6.45, 7) is 2.39. The fourth-order valence-corrected chi connectivity index (χ4v) is 1.41. The number of hydrogen-bond acceptors (Lipinski definition) is 4. The zero-order chi connectivity index (χ0) is 12.2. The quantitative estimate of drug-likeness (QED) is 0.444. The molecule has 0 rings (SSSR count). The number of rotatable bonds is 10. The average molecular weight is 232 g/mol. The molecule has 0 bridgehead atoms. The number of carbonyl (C=O) groups excluding carboxylic acids is 1. The van der Waals surface area contributed by atoms with Crippen molar-refractivity contribution in [1.29, 1.82) is 0 Å². The molecule has 0 aliphatic carbocycles. The molecule has 0 aromatic heterocycles. The Hall–Kier alpha value is -0.610. The van der Waals surface area contributed by atoms with Gasteiger partial charge in [0.1, 0.15) is 0 Å². The fraction of sp³-hybridized carbons (Fsp3) is 0.917. The molecule has 1 atom stereocenters. The van der Waals surface area contributed by atoms with E-state index in [1.165, 1.54) is 12.8 Å². The molecule has 0 heterocycles. The second-order valence-corrected chi connectivity index (χ2v) is 4.00. The summed E-state index contributed by atoms with van der Waals surface area (Å²) in [6.07, 6.45) is 5.00. The first-order valence-corrected chi connectivity index (χ1v) is 6.15. The van der Waals surface area contributed by atoms with Crippen molar-refractivity contribution in [3.05, 3.63) is 0 Å². The monoisotopic (exact) mass is 232 g/mol. The lowest BCUT2D eigenvalue weighted by molar-refractivity contribution is -0.146. The Bertz CT molecular complexity index is 170. The van der Waals surface area contributed by atoms with Crippen LogP contribution in [0.2, 0.25) is 0 Å². The van der Waals surface area contributed by atoms with Gasteiger partial charge >= 0.3 is 5.97 Å². The van der Waals surface area contributed by atoms with Gasteiger partial charge in [-0.05, 0) is 6.42 Å². The van der Waals surface area contributed by atoms with Gasteiger partial charge < -0.3 is 14.9 Å². The Morgan fingerprint density at radius 1 is 1.25 bits per heavy atom. The molecular weight excluding hydrogens is 208 g/mol. The van der Waals surface area contributed by atoms with E-state index < -0.39 is 6.10 Å². The standard InChI is InChI=1S/C12H24O4/c1-2-3-4-5-7-11(14)10-12(15)16-9-6-8-13/h11,13-14H,2-10H2,1H3. The van der Waals surface area contributed by atoms with E-state index in [0.717, 1.165) is 12.8 Å². The van der Waals surface area contributed by atoms with Gasteiger partial charge in [-0.1, -0.05) is 32.6 Å². The summed E-state index contributed by atoms with van der Waals surface area (Å²) >= 11 is 0. The van der Waals surface area contributed by atoms with Crippen LogP contribution in [0.5, 0.6) is 0 Å². The first-order chi connectivity index (χ1) is 7.70. The summed E-state index contributed by atoms with van der Waals surface area (Å²) in [5.74, 6) is -0.378. The number of hydrogen-bond donors (Lipinski definition) is 2. The van der Waals surface area contributed by atoms with E-state index in [2.05, 4.69) is 6.92 Å². The number of carbonyl (C=O) groups is 1. The minimum absolute atomic E-state index is 0.0207. The van der Waals surface area contributed by atoms with Gasteiger partial charge in [0.15, 0.2) is 0 Å². The average Bonchev–Trinajstić information content (AvgIpc) is 2.25. The van der Waals surface area contributed by atoms with Crippen LogP contribution in [0.25, 0.3) is 0 Å². The van der Waals surface area contributed by atoms with Gasteiger partial charge in [0, 0.05) is 13.0 Å². The topological polar surface area (TPSA) is 66.8 Å². The number of ether oxygens (including phenoxy) is 1. The van der Waals surface area contributed by atoms with Gasteiger partial charge in [-0.2, -0.15) is 0 Å². The molecule has 96 valence electrons. The predicted molar refractivity (Wildman–Crippen MR) is 62.0 cm³/mol. The van der Waals surface area contributed by atoms with Crippen LogP contribution >= 0.6 is 0 Å². The number of esters is 1. The van der Waals surface area contributed by atoms with Crippen molar-refractivity contribution < 1.29 is 19.7 Å². The van der Waals surface area contributed by atoms with E-state index in [1.807, 2.05) is 0 Å². The normalized spacial score (nSPS) is 12.4. The van der Waals surface area contributed by atoms with Gasteiger partial charge in [-0.3, -0.25) is 4.79 Å². The van der Waals surface area contributed by atoms with Crippen molar-refractivity contribution >= 4 is 5.97 Å². The van der Waals surface area contributed by atoms with E-state index in [1.54, 1.807) is 0 Å². The first-order valence-electron chi connectivity index (χ1n) is 6.15. The van der Waals surface area contributed by atoms with Crippen LogP contribution < -0.4 is 0 Å². The third kappa shape index (κ3) is 9.93. The molecule has 0 aromatic rings. The molecule has 0 saturated heterocycles. The molecule has 4 nitrogen and oxygen atoms in total. The van der Waals surface area contributed by atoms with Crippen molar-refractivity contribution in [3.8, 4) is 0 Å². The zero-order valence-electron chi connectivity index (χ0n) is 10.2. The summed E-state index contributed by atoms with van der Waals surface area (Å²) in [4.78, 5) is 11.2. The summed E-state index contributed by atoms with van der Waals surface area (Å²) < 4.78 is 4.82. The van der Waals surface area contributed by atoms with Gasteiger partial charge in [-0.15, -0.1) is 0 Å². The van der Waals surface area contributed by atoms with E-state index in [9.17, 15) is 9.90 Å². The van der Waals surface area contributed by atoms with Crippen molar-refractivity contribution in [1.82, 2.24) is 0 Å². The summed E-state index contributed by atoms with van der Waals surface area (Å²) in [6, 6.07) is 0. The van der Waals surface area contributed by atoms with Gasteiger partial charge in [0.05, 0.1) is 19.1 Å². The van der Waals surface area contributed by atoms with Crippen LogP contribution in [0.3, 0.4) is 0 Å². The van der Waals surface area contributed by atoms with E-state index >= 15 is 0 Å². The number of aliphatic hydroxyl groups excluding tert-OH is 2. The highest BCUT2D eigenvalue weighted by Gasteiger charge is 2.11. The first kappa shape index (κ1) is 15.4. The Morgan fingerprint density at radius 2 is 2.00 bits per heavy atom. The minimum atomic E-state index is -0.585. The molecule has 4 heteroatoms. The number of aliphatic hydroxyl groups is 2. The van der Waals surface area contributed by atoms with E-state index in [0.29, 0.717) is 12.8 Å². The lowest BCUT2D eigenvalue weighted by Crippen LogP contribution is -2.16. The van der Waals surface area contributed by atoms with E-state index in [4.69, 9.17) is 9.84 Å². The van der Waals surface area contributed by atoms with Crippen LogP contribution in [0.15, 0.2) is 0 Å². The molecule has 0 saturated carbocycles. The Kier molecular flexibility index (Phi) is 10.5. The van der Waals surface area contributed by atoms with Crippen molar-refractivity contribution in [2.75, 3.05) is 13.2 Å². The minimum Gasteiger partial charge on any atom is -0.466 e. The van der Waals surface area contributed by atoms with Crippen LogP contribution in [-0.2, 0) is 9.53 Å². The molecule has 0 spiro atoms. The zero-order valence-corrected chi connectivity index (χ0v) is 10.2. The highest BCUT2D eigenvalue weighted by Crippen LogP contribution is 2.08. The lowest BCUT2D eigenvalue weighted by Gasteiger charge is -2.09. The lowest BCUT2D eigenvalue weighted by atomic mass is 10.1.